The number of benzene rings is 2. The fourth-order valence-electron chi connectivity index (χ4n) is 5.26. The van der Waals surface area contributed by atoms with Crippen LogP contribution in [0.1, 0.15) is 31.9 Å². The number of aryl methyl sites for hydroxylation is 3. The number of rotatable bonds is 8. The molecule has 0 amide bonds. The van der Waals surface area contributed by atoms with E-state index in [-0.39, 0.29) is 0 Å². The van der Waals surface area contributed by atoms with Gasteiger partial charge in [0, 0.05) is 61.6 Å². The molecule has 1 saturated heterocycles. The first-order valence-electron chi connectivity index (χ1n) is 13.6. The molecule has 3 aromatic heterocycles. The standard InChI is InChI=1S/C30H35N7O/c1-4-5-6-7-25-24-11-9-22(18-28(24)36(3)34-25)26-20-29(33-30(32-26)37-14-16-38-17-15-37)31-23-10-8-21-12-13-35(2)27(21)19-23/h8-13,18-20H,4-7,14-17H2,1-3H3,(H,31,32,33). The van der Waals surface area contributed by atoms with E-state index in [9.17, 15) is 0 Å². The van der Waals surface area contributed by atoms with Crippen molar-refractivity contribution in [3.63, 3.8) is 0 Å². The number of anilines is 3. The quantitative estimate of drug-likeness (QED) is 0.265. The topological polar surface area (TPSA) is 73.0 Å². The van der Waals surface area contributed by atoms with Gasteiger partial charge in [0.25, 0.3) is 0 Å². The molecule has 0 atom stereocenters. The SMILES string of the molecule is CCCCCc1nn(C)c2cc(-c3cc(Nc4ccc5ccn(C)c5c4)nc(N4CCOCC4)n3)ccc12. The van der Waals surface area contributed by atoms with E-state index in [1.807, 2.05) is 17.8 Å². The van der Waals surface area contributed by atoms with Gasteiger partial charge >= 0.3 is 0 Å². The Morgan fingerprint density at radius 2 is 1.79 bits per heavy atom. The maximum Gasteiger partial charge on any atom is 0.228 e. The molecule has 0 unspecified atom stereocenters. The maximum absolute atomic E-state index is 5.58. The summed E-state index contributed by atoms with van der Waals surface area (Å²) in [4.78, 5) is 12.1. The van der Waals surface area contributed by atoms with Gasteiger partial charge in [0.15, 0.2) is 0 Å². The van der Waals surface area contributed by atoms with Gasteiger partial charge in [-0.25, -0.2) is 4.98 Å². The molecule has 196 valence electrons. The Balaban J connectivity index is 1.38. The van der Waals surface area contributed by atoms with Gasteiger partial charge < -0.3 is 19.5 Å². The second kappa shape index (κ2) is 10.5. The molecule has 8 heteroatoms. The van der Waals surface area contributed by atoms with E-state index in [0.717, 1.165) is 53.7 Å². The van der Waals surface area contributed by atoms with E-state index in [0.29, 0.717) is 13.2 Å². The van der Waals surface area contributed by atoms with Crippen LogP contribution in [0.3, 0.4) is 0 Å². The monoisotopic (exact) mass is 509 g/mol. The molecule has 0 bridgehead atoms. The fraction of sp³-hybridized carbons (Fsp3) is 0.367. The number of morpholine rings is 1. The molecule has 38 heavy (non-hydrogen) atoms. The van der Waals surface area contributed by atoms with Crippen LogP contribution in [-0.2, 0) is 25.3 Å². The van der Waals surface area contributed by atoms with E-state index in [4.69, 9.17) is 19.8 Å². The fourth-order valence-corrected chi connectivity index (χ4v) is 5.26. The number of aromatic nitrogens is 5. The predicted octanol–water partition coefficient (Wildman–Crippen LogP) is 5.83. The summed E-state index contributed by atoms with van der Waals surface area (Å²) in [6.45, 7) is 5.16. The summed E-state index contributed by atoms with van der Waals surface area (Å²) in [5.74, 6) is 1.49. The lowest BCUT2D eigenvalue weighted by atomic mass is 10.1. The summed E-state index contributed by atoms with van der Waals surface area (Å²) in [5.41, 5.74) is 6.42. The minimum atomic E-state index is 0.683. The first-order chi connectivity index (χ1) is 18.6. The van der Waals surface area contributed by atoms with Crippen LogP contribution >= 0.6 is 0 Å². The van der Waals surface area contributed by atoms with Gasteiger partial charge in [-0.2, -0.15) is 10.1 Å². The lowest BCUT2D eigenvalue weighted by molar-refractivity contribution is 0.122. The predicted molar refractivity (Wildman–Crippen MR) is 154 cm³/mol. The van der Waals surface area contributed by atoms with Gasteiger partial charge in [-0.3, -0.25) is 4.68 Å². The zero-order valence-electron chi connectivity index (χ0n) is 22.4. The van der Waals surface area contributed by atoms with Crippen molar-refractivity contribution in [3.8, 4) is 11.3 Å². The Kier molecular flexibility index (Phi) is 6.72. The average Bonchev–Trinajstić information content (AvgIpc) is 3.47. The van der Waals surface area contributed by atoms with E-state index in [2.05, 4.69) is 77.4 Å². The summed E-state index contributed by atoms with van der Waals surface area (Å²) < 4.78 is 9.71. The highest BCUT2D eigenvalue weighted by molar-refractivity contribution is 5.87. The van der Waals surface area contributed by atoms with E-state index in [1.165, 1.54) is 41.2 Å². The zero-order chi connectivity index (χ0) is 26.1. The Bertz CT molecular complexity index is 1580. The van der Waals surface area contributed by atoms with Crippen molar-refractivity contribution in [2.75, 3.05) is 36.5 Å². The lowest BCUT2D eigenvalue weighted by Crippen LogP contribution is -2.37. The first-order valence-corrected chi connectivity index (χ1v) is 13.6. The average molecular weight is 510 g/mol. The summed E-state index contributed by atoms with van der Waals surface area (Å²) in [6.07, 6.45) is 6.71. The molecule has 0 aliphatic carbocycles. The van der Waals surface area contributed by atoms with Crippen LogP contribution in [0.2, 0.25) is 0 Å². The Labute approximate surface area is 223 Å². The van der Waals surface area contributed by atoms with Crippen molar-refractivity contribution in [2.24, 2.45) is 14.1 Å². The second-order valence-electron chi connectivity index (χ2n) is 10.1. The van der Waals surface area contributed by atoms with Crippen LogP contribution in [0.15, 0.2) is 54.7 Å². The third-order valence-electron chi connectivity index (χ3n) is 7.41. The Hall–Kier alpha value is -3.91. The van der Waals surface area contributed by atoms with Gasteiger partial charge in [0.1, 0.15) is 5.82 Å². The van der Waals surface area contributed by atoms with E-state index in [1.54, 1.807) is 0 Å². The molecule has 0 radical (unpaired) electrons. The maximum atomic E-state index is 5.58. The van der Waals surface area contributed by atoms with Crippen molar-refractivity contribution < 1.29 is 4.74 Å². The molecule has 1 fully saturated rings. The molecule has 0 spiro atoms. The van der Waals surface area contributed by atoms with Crippen LogP contribution in [0.25, 0.3) is 33.1 Å². The van der Waals surface area contributed by atoms with Crippen LogP contribution in [0, 0.1) is 0 Å². The molecular weight excluding hydrogens is 474 g/mol. The lowest BCUT2D eigenvalue weighted by Gasteiger charge is -2.27. The number of nitrogens with zero attached hydrogens (tertiary/aromatic N) is 6. The highest BCUT2D eigenvalue weighted by atomic mass is 16.5. The van der Waals surface area contributed by atoms with Gasteiger partial charge in [-0.05, 0) is 42.5 Å². The Morgan fingerprint density at radius 3 is 2.63 bits per heavy atom. The first kappa shape index (κ1) is 24.4. The number of ether oxygens (including phenoxy) is 1. The molecule has 1 N–H and O–H groups in total. The van der Waals surface area contributed by atoms with Crippen LogP contribution in [0.5, 0.6) is 0 Å². The molecule has 2 aromatic carbocycles. The number of unbranched alkanes of at least 4 members (excludes halogenated alkanes) is 2. The highest BCUT2D eigenvalue weighted by Crippen LogP contribution is 2.30. The van der Waals surface area contributed by atoms with Crippen molar-refractivity contribution in [1.29, 1.82) is 0 Å². The third kappa shape index (κ3) is 4.84. The molecule has 4 heterocycles. The molecule has 1 aliphatic rings. The molecular formula is C30H35N7O. The minimum absolute atomic E-state index is 0.683. The number of hydrogen-bond donors (Lipinski definition) is 1. The number of fused-ring (bicyclic) bond motifs is 2. The summed E-state index contributed by atoms with van der Waals surface area (Å²) >= 11 is 0. The number of nitrogens with one attached hydrogen (secondary N) is 1. The van der Waals surface area contributed by atoms with Gasteiger partial charge in [0.2, 0.25) is 5.95 Å². The van der Waals surface area contributed by atoms with Gasteiger partial charge in [-0.15, -0.1) is 0 Å². The smallest absolute Gasteiger partial charge is 0.228 e. The van der Waals surface area contributed by atoms with Gasteiger partial charge in [-0.1, -0.05) is 38.0 Å². The molecule has 1 aliphatic heterocycles. The van der Waals surface area contributed by atoms with Crippen molar-refractivity contribution >= 4 is 39.3 Å². The molecule has 0 saturated carbocycles. The van der Waals surface area contributed by atoms with E-state index >= 15 is 0 Å². The molecule has 8 nitrogen and oxygen atoms in total. The van der Waals surface area contributed by atoms with Crippen LogP contribution < -0.4 is 10.2 Å². The van der Waals surface area contributed by atoms with Crippen molar-refractivity contribution in [3.05, 3.63) is 60.4 Å². The van der Waals surface area contributed by atoms with Crippen molar-refractivity contribution in [2.45, 2.75) is 32.6 Å². The molecule has 6 rings (SSSR count). The summed E-state index contributed by atoms with van der Waals surface area (Å²) in [7, 11) is 4.09. The number of hydrogen-bond acceptors (Lipinski definition) is 6. The molecule has 5 aromatic rings. The highest BCUT2D eigenvalue weighted by Gasteiger charge is 2.18. The van der Waals surface area contributed by atoms with Gasteiger partial charge in [0.05, 0.1) is 30.1 Å². The summed E-state index contributed by atoms with van der Waals surface area (Å²) in [6, 6.07) is 17.1. The van der Waals surface area contributed by atoms with Crippen molar-refractivity contribution in [1.82, 2.24) is 24.3 Å². The zero-order valence-corrected chi connectivity index (χ0v) is 22.4. The minimum Gasteiger partial charge on any atom is -0.378 e. The van der Waals surface area contributed by atoms with Crippen LogP contribution in [0.4, 0.5) is 17.5 Å². The summed E-state index contributed by atoms with van der Waals surface area (Å²) in [5, 5.41) is 10.8. The normalized spacial score (nSPS) is 14.0. The largest absolute Gasteiger partial charge is 0.378 e. The third-order valence-corrected chi connectivity index (χ3v) is 7.41. The second-order valence-corrected chi connectivity index (χ2v) is 10.1. The van der Waals surface area contributed by atoms with Crippen LogP contribution in [-0.4, -0.2) is 50.6 Å². The van der Waals surface area contributed by atoms with E-state index < -0.39 is 0 Å². The Morgan fingerprint density at radius 1 is 0.921 bits per heavy atom.